The highest BCUT2D eigenvalue weighted by atomic mass is 16.2. The van der Waals surface area contributed by atoms with Gasteiger partial charge in [0.15, 0.2) is 17.3 Å². The van der Waals surface area contributed by atoms with Crippen LogP contribution in [0.2, 0.25) is 0 Å². The molecule has 1 aliphatic rings. The van der Waals surface area contributed by atoms with Gasteiger partial charge in [-0.05, 0) is 0 Å². The first-order valence-corrected chi connectivity index (χ1v) is 5.72. The predicted octanol–water partition coefficient (Wildman–Crippen LogP) is 2.23. The molecular weight excluding hydrogens is 240 g/mol. The molecule has 1 aliphatic carbocycles. The maximum absolute atomic E-state index is 12.6. The maximum atomic E-state index is 12.6. The topological polar surface area (TPSA) is 51.2 Å². The van der Waals surface area contributed by atoms with Crippen LogP contribution in [0.25, 0.3) is 0 Å². The molecule has 0 amide bonds. The fourth-order valence-electron chi connectivity index (χ4n) is 2.35. The summed E-state index contributed by atoms with van der Waals surface area (Å²) in [6.07, 6.45) is 6.04. The Morgan fingerprint density at radius 3 is 1.26 bits per heavy atom. The van der Waals surface area contributed by atoms with Gasteiger partial charge >= 0.3 is 0 Å². The van der Waals surface area contributed by atoms with E-state index in [-0.39, 0.29) is 0 Å². The van der Waals surface area contributed by atoms with E-state index in [2.05, 4.69) is 32.9 Å². The molecule has 3 heteroatoms. The van der Waals surface area contributed by atoms with E-state index >= 15 is 0 Å². The maximum Gasteiger partial charge on any atom is 0.175 e. The fraction of sp³-hybridized carbons (Fsp3) is 0.188. The molecule has 0 heterocycles. The molecule has 0 aromatic carbocycles. The summed E-state index contributed by atoms with van der Waals surface area (Å²) >= 11 is 0. The Labute approximate surface area is 112 Å². The first-order valence-electron chi connectivity index (χ1n) is 5.72. The van der Waals surface area contributed by atoms with Crippen molar-refractivity contribution in [3.05, 3.63) is 63.3 Å². The van der Waals surface area contributed by atoms with Crippen LogP contribution in [0.1, 0.15) is 0 Å². The minimum Gasteiger partial charge on any atom is -0.297 e. The molecule has 1 fully saturated rings. The molecule has 1 saturated carbocycles. The Hall–Kier alpha value is -2.29. The van der Waals surface area contributed by atoms with Crippen molar-refractivity contribution in [1.82, 2.24) is 0 Å². The predicted molar refractivity (Wildman–Crippen MR) is 74.4 cm³/mol. The summed E-state index contributed by atoms with van der Waals surface area (Å²) in [6, 6.07) is 0. The molecule has 0 radical (unpaired) electrons. The zero-order valence-corrected chi connectivity index (χ0v) is 10.7. The highest BCUT2D eigenvalue weighted by Gasteiger charge is 2.60. The number of Topliss-reactive ketones (excluding diaryl/α,β-unsaturated/α-hetero) is 3. The van der Waals surface area contributed by atoms with E-state index in [9.17, 15) is 14.4 Å². The molecule has 0 saturated heterocycles. The molecule has 0 bridgehead atoms. The van der Waals surface area contributed by atoms with Gasteiger partial charge in [-0.15, -0.1) is 32.9 Å². The second kappa shape index (κ2) is 4.76. The van der Waals surface area contributed by atoms with Crippen molar-refractivity contribution in [1.29, 1.82) is 0 Å². The third kappa shape index (κ3) is 1.55. The summed E-state index contributed by atoms with van der Waals surface area (Å²) in [4.78, 5) is 37.3. The SMILES string of the molecule is C=CC1C(=O)C(C=C)(C=C)C(=O)C(C=C)(C=C)C1=O. The van der Waals surface area contributed by atoms with Gasteiger partial charge in [-0.2, -0.15) is 0 Å². The number of ketones is 3. The van der Waals surface area contributed by atoms with E-state index in [0.29, 0.717) is 0 Å². The summed E-state index contributed by atoms with van der Waals surface area (Å²) in [5.74, 6) is -2.91. The lowest BCUT2D eigenvalue weighted by Crippen LogP contribution is -2.58. The number of hydrogen-bond acceptors (Lipinski definition) is 3. The number of hydrogen-bond donors (Lipinski definition) is 0. The molecule has 0 atom stereocenters. The lowest BCUT2D eigenvalue weighted by Gasteiger charge is -2.41. The van der Waals surface area contributed by atoms with E-state index in [1.807, 2.05) is 0 Å². The summed E-state index contributed by atoms with van der Waals surface area (Å²) in [5, 5.41) is 0. The zero-order valence-electron chi connectivity index (χ0n) is 10.7. The number of carbonyl (C=O) groups excluding carboxylic acids is 3. The second-order valence-electron chi connectivity index (χ2n) is 4.33. The summed E-state index contributed by atoms with van der Waals surface area (Å²) in [7, 11) is 0. The lowest BCUT2D eigenvalue weighted by molar-refractivity contribution is -0.152. The van der Waals surface area contributed by atoms with Gasteiger partial charge in [0.2, 0.25) is 0 Å². The van der Waals surface area contributed by atoms with Crippen LogP contribution in [0.3, 0.4) is 0 Å². The molecule has 0 aromatic rings. The molecule has 0 aromatic heterocycles. The van der Waals surface area contributed by atoms with Crippen LogP contribution in [0, 0.1) is 16.7 Å². The average molecular weight is 256 g/mol. The van der Waals surface area contributed by atoms with Gasteiger partial charge in [0.05, 0.1) is 5.92 Å². The highest BCUT2D eigenvalue weighted by Crippen LogP contribution is 2.44. The molecule has 1 rings (SSSR count). The number of rotatable bonds is 5. The van der Waals surface area contributed by atoms with Crippen molar-refractivity contribution in [2.24, 2.45) is 16.7 Å². The molecule has 0 spiro atoms. The summed E-state index contributed by atoms with van der Waals surface area (Å²) < 4.78 is 0. The molecule has 0 unspecified atom stereocenters. The molecule has 98 valence electrons. The van der Waals surface area contributed by atoms with Crippen LogP contribution in [-0.2, 0) is 14.4 Å². The van der Waals surface area contributed by atoms with E-state index in [1.165, 1.54) is 30.4 Å². The minimum atomic E-state index is -1.62. The first kappa shape index (κ1) is 14.8. The van der Waals surface area contributed by atoms with Gasteiger partial charge < -0.3 is 0 Å². The summed E-state index contributed by atoms with van der Waals surface area (Å²) in [5.41, 5.74) is -3.23. The zero-order chi connectivity index (χ0) is 14.8. The van der Waals surface area contributed by atoms with Gasteiger partial charge in [0.1, 0.15) is 10.8 Å². The van der Waals surface area contributed by atoms with Gasteiger partial charge in [-0.25, -0.2) is 0 Å². The number of carbonyl (C=O) groups is 3. The van der Waals surface area contributed by atoms with Crippen LogP contribution in [0.15, 0.2) is 63.3 Å². The first-order chi connectivity index (χ1) is 8.91. The Bertz CT molecular complexity index is 464. The largest absolute Gasteiger partial charge is 0.297 e. The van der Waals surface area contributed by atoms with E-state index in [1.54, 1.807) is 0 Å². The van der Waals surface area contributed by atoms with Gasteiger partial charge in [-0.1, -0.05) is 30.4 Å². The third-order valence-electron chi connectivity index (χ3n) is 3.66. The Morgan fingerprint density at radius 1 is 0.737 bits per heavy atom. The Morgan fingerprint density at radius 2 is 1.05 bits per heavy atom. The van der Waals surface area contributed by atoms with Gasteiger partial charge in [-0.3, -0.25) is 14.4 Å². The van der Waals surface area contributed by atoms with Crippen LogP contribution >= 0.6 is 0 Å². The number of allylic oxidation sites excluding steroid dienone is 5. The molecule has 19 heavy (non-hydrogen) atoms. The van der Waals surface area contributed by atoms with E-state index in [4.69, 9.17) is 0 Å². The Balaban J connectivity index is 3.73. The quantitative estimate of drug-likeness (QED) is 0.560. The molecule has 0 aliphatic heterocycles. The van der Waals surface area contributed by atoms with Crippen molar-refractivity contribution < 1.29 is 14.4 Å². The van der Waals surface area contributed by atoms with Crippen molar-refractivity contribution in [3.63, 3.8) is 0 Å². The molecular formula is C16H16O3. The second-order valence-corrected chi connectivity index (χ2v) is 4.33. The van der Waals surface area contributed by atoms with Crippen molar-refractivity contribution >= 4 is 17.3 Å². The lowest BCUT2D eigenvalue weighted by atomic mass is 9.56. The van der Waals surface area contributed by atoms with E-state index < -0.39 is 34.1 Å². The standard InChI is InChI=1S/C16H16O3/c1-6-11-12(17)15(7-2,8-3)14(19)16(9-4,10-5)13(11)18/h6-11H,1-5H2. The van der Waals surface area contributed by atoms with Crippen LogP contribution in [0.5, 0.6) is 0 Å². The normalized spacial score (nSPS) is 21.6. The van der Waals surface area contributed by atoms with Crippen LogP contribution in [-0.4, -0.2) is 17.3 Å². The van der Waals surface area contributed by atoms with Crippen molar-refractivity contribution in [3.8, 4) is 0 Å². The van der Waals surface area contributed by atoms with Gasteiger partial charge in [0, 0.05) is 0 Å². The minimum absolute atomic E-state index is 0.582. The van der Waals surface area contributed by atoms with Crippen molar-refractivity contribution in [2.45, 2.75) is 0 Å². The smallest absolute Gasteiger partial charge is 0.175 e. The summed E-state index contributed by atoms with van der Waals surface area (Å²) in [6.45, 7) is 17.6. The van der Waals surface area contributed by atoms with Gasteiger partial charge in [0.25, 0.3) is 0 Å². The molecule has 3 nitrogen and oxygen atoms in total. The van der Waals surface area contributed by atoms with Crippen molar-refractivity contribution in [2.75, 3.05) is 0 Å². The van der Waals surface area contributed by atoms with E-state index in [0.717, 1.165) is 0 Å². The Kier molecular flexibility index (Phi) is 3.70. The molecule has 0 N–H and O–H groups in total. The van der Waals surface area contributed by atoms with Crippen LogP contribution in [0.4, 0.5) is 0 Å². The van der Waals surface area contributed by atoms with Crippen LogP contribution < -0.4 is 0 Å². The fourth-order valence-corrected chi connectivity index (χ4v) is 2.35. The monoisotopic (exact) mass is 256 g/mol. The highest BCUT2D eigenvalue weighted by molar-refractivity contribution is 6.33. The average Bonchev–Trinajstić information content (AvgIpc) is 2.43. The third-order valence-corrected chi connectivity index (χ3v) is 3.66.